The van der Waals surface area contributed by atoms with Crippen LogP contribution in [0.25, 0.3) is 0 Å². The normalized spacial score (nSPS) is 20.3. The van der Waals surface area contributed by atoms with E-state index in [9.17, 15) is 13.2 Å². The summed E-state index contributed by atoms with van der Waals surface area (Å²) in [4.78, 5) is 0. The molecule has 106 valence electrons. The van der Waals surface area contributed by atoms with E-state index in [0.717, 1.165) is 31.9 Å². The number of alkyl halides is 3. The van der Waals surface area contributed by atoms with Gasteiger partial charge in [-0.05, 0) is 31.5 Å². The number of nitrogens with one attached hydrogen (secondary N) is 2. The Hall–Kier alpha value is -0.940. The smallest absolute Gasteiger partial charge is 0.382 e. The van der Waals surface area contributed by atoms with Gasteiger partial charge in [0, 0.05) is 12.6 Å². The molecule has 1 aromatic carbocycles. The molecule has 1 aromatic rings. The van der Waals surface area contributed by atoms with E-state index in [1.165, 1.54) is 12.1 Å². The van der Waals surface area contributed by atoms with Gasteiger partial charge < -0.3 is 10.6 Å². The minimum atomic E-state index is -4.40. The summed E-state index contributed by atoms with van der Waals surface area (Å²) in [6.45, 7) is 1.37. The third-order valence-electron chi connectivity index (χ3n) is 3.26. The number of benzene rings is 1. The average molecular weight is 293 g/mol. The Morgan fingerprint density at radius 1 is 1.32 bits per heavy atom. The van der Waals surface area contributed by atoms with Crippen LogP contribution in [-0.2, 0) is 6.18 Å². The van der Waals surface area contributed by atoms with Gasteiger partial charge in [0.25, 0.3) is 0 Å². The summed E-state index contributed by atoms with van der Waals surface area (Å²) in [6.07, 6.45) is -1.20. The molecule has 6 heteroatoms. The fraction of sp³-hybridized carbons (Fsp3) is 0.538. The number of anilines is 1. The minimum Gasteiger partial charge on any atom is -0.382 e. The molecule has 0 spiro atoms. The fourth-order valence-corrected chi connectivity index (χ4v) is 2.50. The van der Waals surface area contributed by atoms with Gasteiger partial charge in [-0.3, -0.25) is 0 Å². The van der Waals surface area contributed by atoms with Crippen molar-refractivity contribution in [2.45, 2.75) is 31.5 Å². The lowest BCUT2D eigenvalue weighted by Gasteiger charge is -2.25. The van der Waals surface area contributed by atoms with Gasteiger partial charge in [0.1, 0.15) is 0 Å². The number of rotatable bonds is 3. The van der Waals surface area contributed by atoms with E-state index in [0.29, 0.717) is 6.54 Å². The Morgan fingerprint density at radius 2 is 2.11 bits per heavy atom. The quantitative estimate of drug-likeness (QED) is 0.882. The summed E-state index contributed by atoms with van der Waals surface area (Å²) in [5.41, 5.74) is -0.736. The van der Waals surface area contributed by atoms with Crippen LogP contribution < -0.4 is 10.6 Å². The average Bonchev–Trinajstić information content (AvgIpc) is 2.37. The van der Waals surface area contributed by atoms with Crippen molar-refractivity contribution in [3.63, 3.8) is 0 Å². The van der Waals surface area contributed by atoms with Gasteiger partial charge in [0.15, 0.2) is 0 Å². The molecule has 1 aliphatic heterocycles. The second-order valence-electron chi connectivity index (χ2n) is 4.69. The molecule has 2 N–H and O–H groups in total. The van der Waals surface area contributed by atoms with Crippen LogP contribution in [0.1, 0.15) is 24.8 Å². The predicted octanol–water partition coefficient (Wildman–Crippen LogP) is 3.91. The zero-order valence-corrected chi connectivity index (χ0v) is 11.1. The van der Waals surface area contributed by atoms with E-state index >= 15 is 0 Å². The van der Waals surface area contributed by atoms with Crippen molar-refractivity contribution in [2.24, 2.45) is 0 Å². The Morgan fingerprint density at radius 3 is 2.74 bits per heavy atom. The van der Waals surface area contributed by atoms with Crippen LogP contribution in [0.4, 0.5) is 18.9 Å². The van der Waals surface area contributed by atoms with Crippen LogP contribution in [0.2, 0.25) is 5.02 Å². The number of para-hydroxylation sites is 1. The highest BCUT2D eigenvalue weighted by Gasteiger charge is 2.34. The van der Waals surface area contributed by atoms with Crippen molar-refractivity contribution in [1.82, 2.24) is 5.32 Å². The van der Waals surface area contributed by atoms with E-state index in [1.54, 1.807) is 0 Å². The lowest BCUT2D eigenvalue weighted by atomic mass is 10.0. The van der Waals surface area contributed by atoms with E-state index < -0.39 is 11.7 Å². The predicted molar refractivity (Wildman–Crippen MR) is 70.6 cm³/mol. The third kappa shape index (κ3) is 3.76. The fourth-order valence-electron chi connectivity index (χ4n) is 2.26. The molecule has 0 bridgehead atoms. The van der Waals surface area contributed by atoms with Gasteiger partial charge in [0.05, 0.1) is 16.3 Å². The number of hydrogen-bond donors (Lipinski definition) is 2. The molecule has 2 nitrogen and oxygen atoms in total. The standard InChI is InChI=1S/C13H16ClF3N2/c14-11-6-3-5-10(13(15,16)17)12(11)19-8-9-4-1-2-7-18-9/h3,5-6,9,18-19H,1-2,4,7-8H2. The van der Waals surface area contributed by atoms with Crippen molar-refractivity contribution in [1.29, 1.82) is 0 Å². The van der Waals surface area contributed by atoms with Gasteiger partial charge in [-0.25, -0.2) is 0 Å². The van der Waals surface area contributed by atoms with Crippen LogP contribution in [-0.4, -0.2) is 19.1 Å². The Balaban J connectivity index is 2.10. The van der Waals surface area contributed by atoms with Gasteiger partial charge in [-0.15, -0.1) is 0 Å². The monoisotopic (exact) mass is 292 g/mol. The molecule has 1 heterocycles. The first-order chi connectivity index (χ1) is 8.98. The maximum absolute atomic E-state index is 12.9. The highest BCUT2D eigenvalue weighted by atomic mass is 35.5. The molecule has 2 rings (SSSR count). The SMILES string of the molecule is FC(F)(F)c1cccc(Cl)c1NCC1CCCCN1. The van der Waals surface area contributed by atoms with Crippen molar-refractivity contribution in [2.75, 3.05) is 18.4 Å². The van der Waals surface area contributed by atoms with E-state index in [1.807, 2.05) is 0 Å². The summed E-state index contributed by atoms with van der Waals surface area (Å²) in [6, 6.07) is 4.02. The molecule has 0 aromatic heterocycles. The molecule has 1 fully saturated rings. The summed E-state index contributed by atoms with van der Waals surface area (Å²) in [7, 11) is 0. The van der Waals surface area contributed by atoms with Crippen molar-refractivity contribution in [3.05, 3.63) is 28.8 Å². The molecule has 0 amide bonds. The Kier molecular flexibility index (Phi) is 4.58. The molecular weight excluding hydrogens is 277 g/mol. The van der Waals surface area contributed by atoms with E-state index in [4.69, 9.17) is 11.6 Å². The molecule has 1 unspecified atom stereocenters. The topological polar surface area (TPSA) is 24.1 Å². The Labute approximate surface area is 115 Å². The zero-order valence-electron chi connectivity index (χ0n) is 10.4. The van der Waals surface area contributed by atoms with E-state index in [2.05, 4.69) is 10.6 Å². The summed E-state index contributed by atoms with van der Waals surface area (Å²) in [5.74, 6) is 0. The van der Waals surface area contributed by atoms with E-state index in [-0.39, 0.29) is 16.8 Å². The number of hydrogen-bond acceptors (Lipinski definition) is 2. The molecule has 1 saturated heterocycles. The molecule has 0 saturated carbocycles. The first-order valence-corrected chi connectivity index (χ1v) is 6.69. The third-order valence-corrected chi connectivity index (χ3v) is 3.57. The zero-order chi connectivity index (χ0) is 13.9. The second kappa shape index (κ2) is 6.01. The van der Waals surface area contributed by atoms with Gasteiger partial charge in [-0.2, -0.15) is 13.2 Å². The van der Waals surface area contributed by atoms with Gasteiger partial charge in [-0.1, -0.05) is 24.1 Å². The lowest BCUT2D eigenvalue weighted by molar-refractivity contribution is -0.136. The molecular formula is C13H16ClF3N2. The highest BCUT2D eigenvalue weighted by Crippen LogP contribution is 2.38. The molecule has 0 radical (unpaired) electrons. The lowest BCUT2D eigenvalue weighted by Crippen LogP contribution is -2.39. The molecule has 19 heavy (non-hydrogen) atoms. The first-order valence-electron chi connectivity index (χ1n) is 6.31. The molecule has 1 aliphatic rings. The summed E-state index contributed by atoms with van der Waals surface area (Å²) in [5, 5.41) is 6.23. The number of piperidine rings is 1. The van der Waals surface area contributed by atoms with Crippen LogP contribution >= 0.6 is 11.6 Å². The van der Waals surface area contributed by atoms with Gasteiger partial charge >= 0.3 is 6.18 Å². The van der Waals surface area contributed by atoms with Crippen molar-refractivity contribution >= 4 is 17.3 Å². The largest absolute Gasteiger partial charge is 0.418 e. The van der Waals surface area contributed by atoms with Crippen LogP contribution in [0.15, 0.2) is 18.2 Å². The molecule has 1 atom stereocenters. The summed E-state index contributed by atoms with van der Waals surface area (Å²) >= 11 is 5.87. The van der Waals surface area contributed by atoms with Crippen LogP contribution in [0, 0.1) is 0 Å². The minimum absolute atomic E-state index is 0.0240. The summed E-state index contributed by atoms with van der Waals surface area (Å²) < 4.78 is 38.6. The number of halogens is 4. The maximum atomic E-state index is 12.9. The molecule has 0 aliphatic carbocycles. The van der Waals surface area contributed by atoms with Crippen LogP contribution in [0.5, 0.6) is 0 Å². The van der Waals surface area contributed by atoms with Crippen molar-refractivity contribution in [3.8, 4) is 0 Å². The van der Waals surface area contributed by atoms with Gasteiger partial charge in [0.2, 0.25) is 0 Å². The first kappa shape index (κ1) is 14.5. The second-order valence-corrected chi connectivity index (χ2v) is 5.10. The maximum Gasteiger partial charge on any atom is 0.418 e. The Bertz CT molecular complexity index is 428. The van der Waals surface area contributed by atoms with Crippen LogP contribution in [0.3, 0.4) is 0 Å². The van der Waals surface area contributed by atoms with Crippen molar-refractivity contribution < 1.29 is 13.2 Å². The highest BCUT2D eigenvalue weighted by molar-refractivity contribution is 6.33.